The SMILES string of the molecule is CCc1cccc(-c2cnoc2N)c1OC. The molecule has 0 radical (unpaired) electrons. The van der Waals surface area contributed by atoms with Crippen molar-refractivity contribution in [1.82, 2.24) is 5.16 Å². The van der Waals surface area contributed by atoms with E-state index < -0.39 is 0 Å². The summed E-state index contributed by atoms with van der Waals surface area (Å²) in [5, 5.41) is 3.67. The number of rotatable bonds is 3. The van der Waals surface area contributed by atoms with Crippen LogP contribution in [-0.4, -0.2) is 12.3 Å². The number of nitrogens with two attached hydrogens (primary N) is 1. The molecule has 0 fully saturated rings. The van der Waals surface area contributed by atoms with Crippen LogP contribution in [0.5, 0.6) is 5.75 Å². The third kappa shape index (κ3) is 1.62. The monoisotopic (exact) mass is 218 g/mol. The van der Waals surface area contributed by atoms with Gasteiger partial charge in [0.15, 0.2) is 0 Å². The summed E-state index contributed by atoms with van der Waals surface area (Å²) in [4.78, 5) is 0. The van der Waals surface area contributed by atoms with E-state index in [2.05, 4.69) is 12.1 Å². The molecule has 16 heavy (non-hydrogen) atoms. The van der Waals surface area contributed by atoms with E-state index in [0.717, 1.165) is 28.9 Å². The van der Waals surface area contributed by atoms with Gasteiger partial charge in [-0.25, -0.2) is 0 Å². The van der Waals surface area contributed by atoms with Crippen LogP contribution in [0.25, 0.3) is 11.1 Å². The molecule has 0 saturated carbocycles. The van der Waals surface area contributed by atoms with Crippen LogP contribution in [-0.2, 0) is 6.42 Å². The van der Waals surface area contributed by atoms with Gasteiger partial charge in [0.2, 0.25) is 5.88 Å². The number of methoxy groups -OCH3 is 1. The normalized spacial score (nSPS) is 10.4. The zero-order chi connectivity index (χ0) is 11.5. The van der Waals surface area contributed by atoms with Crippen LogP contribution < -0.4 is 10.5 Å². The number of nitrogen functional groups attached to an aromatic ring is 1. The molecule has 2 N–H and O–H groups in total. The Bertz CT molecular complexity index is 492. The van der Waals surface area contributed by atoms with E-state index in [1.165, 1.54) is 0 Å². The lowest BCUT2D eigenvalue weighted by atomic mass is 10.0. The number of ether oxygens (including phenoxy) is 1. The summed E-state index contributed by atoms with van der Waals surface area (Å²) >= 11 is 0. The maximum atomic E-state index is 5.70. The molecule has 0 bridgehead atoms. The van der Waals surface area contributed by atoms with Gasteiger partial charge in [-0.3, -0.25) is 0 Å². The largest absolute Gasteiger partial charge is 0.496 e. The molecule has 0 amide bonds. The Morgan fingerprint density at radius 1 is 1.38 bits per heavy atom. The van der Waals surface area contributed by atoms with Crippen LogP contribution in [0.1, 0.15) is 12.5 Å². The predicted octanol–water partition coefficient (Wildman–Crippen LogP) is 2.49. The molecule has 0 aliphatic rings. The predicted molar refractivity (Wildman–Crippen MR) is 62.3 cm³/mol. The van der Waals surface area contributed by atoms with Gasteiger partial charge in [0.1, 0.15) is 5.75 Å². The van der Waals surface area contributed by atoms with Crippen molar-refractivity contribution in [3.8, 4) is 16.9 Å². The highest BCUT2D eigenvalue weighted by Crippen LogP contribution is 2.36. The summed E-state index contributed by atoms with van der Waals surface area (Å²) < 4.78 is 10.3. The van der Waals surface area contributed by atoms with Crippen LogP contribution >= 0.6 is 0 Å². The fourth-order valence-corrected chi connectivity index (χ4v) is 1.77. The number of hydrogen-bond acceptors (Lipinski definition) is 4. The number of benzene rings is 1. The zero-order valence-electron chi connectivity index (χ0n) is 9.36. The third-order valence-corrected chi connectivity index (χ3v) is 2.57. The first-order valence-electron chi connectivity index (χ1n) is 5.14. The summed E-state index contributed by atoms with van der Waals surface area (Å²) in [6.45, 7) is 2.08. The second kappa shape index (κ2) is 4.26. The van der Waals surface area contributed by atoms with Crippen LogP contribution in [0.2, 0.25) is 0 Å². The van der Waals surface area contributed by atoms with E-state index in [9.17, 15) is 0 Å². The van der Waals surface area contributed by atoms with E-state index in [0.29, 0.717) is 5.88 Å². The molecule has 1 aromatic heterocycles. The first-order valence-corrected chi connectivity index (χ1v) is 5.14. The summed E-state index contributed by atoms with van der Waals surface area (Å²) in [6.07, 6.45) is 2.51. The second-order valence-electron chi connectivity index (χ2n) is 3.46. The molecule has 1 heterocycles. The summed E-state index contributed by atoms with van der Waals surface area (Å²) in [7, 11) is 1.65. The number of hydrogen-bond donors (Lipinski definition) is 1. The topological polar surface area (TPSA) is 61.3 Å². The minimum Gasteiger partial charge on any atom is -0.496 e. The molecule has 0 atom stereocenters. The Morgan fingerprint density at radius 3 is 2.75 bits per heavy atom. The van der Waals surface area contributed by atoms with Crippen molar-refractivity contribution in [1.29, 1.82) is 0 Å². The first kappa shape index (κ1) is 10.5. The Balaban J connectivity index is 2.61. The van der Waals surface area contributed by atoms with E-state index in [1.54, 1.807) is 13.3 Å². The molecule has 0 unspecified atom stereocenters. The lowest BCUT2D eigenvalue weighted by molar-refractivity contribution is 0.411. The van der Waals surface area contributed by atoms with Crippen molar-refractivity contribution in [3.05, 3.63) is 30.0 Å². The Morgan fingerprint density at radius 2 is 2.19 bits per heavy atom. The van der Waals surface area contributed by atoms with Crippen molar-refractivity contribution in [2.45, 2.75) is 13.3 Å². The Kier molecular flexibility index (Phi) is 2.81. The molecule has 84 valence electrons. The number of anilines is 1. The summed E-state index contributed by atoms with van der Waals surface area (Å²) in [5.41, 5.74) is 8.53. The smallest absolute Gasteiger partial charge is 0.230 e. The maximum Gasteiger partial charge on any atom is 0.230 e. The summed E-state index contributed by atoms with van der Waals surface area (Å²) in [6, 6.07) is 5.95. The van der Waals surface area contributed by atoms with Gasteiger partial charge in [0.25, 0.3) is 0 Å². The molecule has 0 aliphatic heterocycles. The molecule has 1 aromatic carbocycles. The highest BCUT2D eigenvalue weighted by molar-refractivity contribution is 5.78. The van der Waals surface area contributed by atoms with Gasteiger partial charge in [-0.05, 0) is 12.0 Å². The third-order valence-electron chi connectivity index (χ3n) is 2.57. The van der Waals surface area contributed by atoms with Gasteiger partial charge in [-0.15, -0.1) is 0 Å². The average molecular weight is 218 g/mol. The van der Waals surface area contributed by atoms with Crippen LogP contribution in [0, 0.1) is 0 Å². The van der Waals surface area contributed by atoms with Gasteiger partial charge in [0.05, 0.1) is 18.9 Å². The van der Waals surface area contributed by atoms with E-state index in [-0.39, 0.29) is 0 Å². The van der Waals surface area contributed by atoms with E-state index >= 15 is 0 Å². The molecular formula is C12H14N2O2. The standard InChI is InChI=1S/C12H14N2O2/c1-3-8-5-4-6-9(11(8)15-2)10-7-14-16-12(10)13/h4-7H,3,13H2,1-2H3. The van der Waals surface area contributed by atoms with E-state index in [1.807, 2.05) is 18.2 Å². The van der Waals surface area contributed by atoms with Crippen molar-refractivity contribution in [2.24, 2.45) is 0 Å². The minimum absolute atomic E-state index is 0.312. The maximum absolute atomic E-state index is 5.70. The highest BCUT2D eigenvalue weighted by Gasteiger charge is 2.14. The number of para-hydroxylation sites is 1. The first-order chi connectivity index (χ1) is 7.77. The second-order valence-corrected chi connectivity index (χ2v) is 3.46. The molecule has 4 heteroatoms. The number of aryl methyl sites for hydroxylation is 1. The van der Waals surface area contributed by atoms with Gasteiger partial charge < -0.3 is 15.0 Å². The van der Waals surface area contributed by atoms with Gasteiger partial charge in [0, 0.05) is 5.56 Å². The van der Waals surface area contributed by atoms with Gasteiger partial charge in [-0.1, -0.05) is 30.3 Å². The van der Waals surface area contributed by atoms with Crippen molar-refractivity contribution >= 4 is 5.88 Å². The number of nitrogens with zero attached hydrogens (tertiary/aromatic N) is 1. The molecule has 2 aromatic rings. The zero-order valence-corrected chi connectivity index (χ0v) is 9.36. The molecule has 0 spiro atoms. The van der Waals surface area contributed by atoms with Crippen LogP contribution in [0.3, 0.4) is 0 Å². The average Bonchev–Trinajstić information content (AvgIpc) is 2.74. The Labute approximate surface area is 94.0 Å². The molecule has 2 rings (SSSR count). The summed E-state index contributed by atoms with van der Waals surface area (Å²) in [5.74, 6) is 1.14. The Hall–Kier alpha value is -1.97. The van der Waals surface area contributed by atoms with Crippen LogP contribution in [0.4, 0.5) is 5.88 Å². The van der Waals surface area contributed by atoms with Crippen molar-refractivity contribution in [2.75, 3.05) is 12.8 Å². The van der Waals surface area contributed by atoms with Gasteiger partial charge >= 0.3 is 0 Å². The lowest BCUT2D eigenvalue weighted by Gasteiger charge is -2.11. The fourth-order valence-electron chi connectivity index (χ4n) is 1.77. The lowest BCUT2D eigenvalue weighted by Crippen LogP contribution is -1.94. The van der Waals surface area contributed by atoms with Crippen molar-refractivity contribution < 1.29 is 9.26 Å². The fraction of sp³-hybridized carbons (Fsp3) is 0.250. The molecule has 0 saturated heterocycles. The van der Waals surface area contributed by atoms with E-state index in [4.69, 9.17) is 15.0 Å². The van der Waals surface area contributed by atoms with Gasteiger partial charge in [-0.2, -0.15) is 0 Å². The molecule has 4 nitrogen and oxygen atoms in total. The molecular weight excluding hydrogens is 204 g/mol. The highest BCUT2D eigenvalue weighted by atomic mass is 16.5. The molecule has 0 aliphatic carbocycles. The van der Waals surface area contributed by atoms with Crippen LogP contribution in [0.15, 0.2) is 28.9 Å². The quantitative estimate of drug-likeness (QED) is 0.859. The van der Waals surface area contributed by atoms with Crippen molar-refractivity contribution in [3.63, 3.8) is 0 Å². The number of aromatic nitrogens is 1. The minimum atomic E-state index is 0.312.